The zero-order chi connectivity index (χ0) is 10.8. The molecule has 0 saturated carbocycles. The summed E-state index contributed by atoms with van der Waals surface area (Å²) in [6, 6.07) is 5.24. The molecule has 78 valence electrons. The van der Waals surface area contributed by atoms with E-state index >= 15 is 0 Å². The lowest BCUT2D eigenvalue weighted by Crippen LogP contribution is -1.97. The van der Waals surface area contributed by atoms with E-state index < -0.39 is 0 Å². The fraction of sp³-hybridized carbons (Fsp3) is 0.100. The van der Waals surface area contributed by atoms with Crippen molar-refractivity contribution in [3.05, 3.63) is 37.7 Å². The van der Waals surface area contributed by atoms with Crippen LogP contribution in [0.3, 0.4) is 0 Å². The van der Waals surface area contributed by atoms with Crippen LogP contribution in [0.5, 0.6) is 5.75 Å². The molecule has 0 spiro atoms. The minimum Gasteiger partial charge on any atom is -0.495 e. The second-order valence-corrected chi connectivity index (χ2v) is 5.38. The molecule has 0 aliphatic carbocycles. The minimum atomic E-state index is -0.0289. The summed E-state index contributed by atoms with van der Waals surface area (Å²) in [6.45, 7) is 0. The molecule has 0 aliphatic rings. The maximum absolute atomic E-state index is 12.0. The van der Waals surface area contributed by atoms with Gasteiger partial charge < -0.3 is 4.74 Å². The van der Waals surface area contributed by atoms with Crippen molar-refractivity contribution >= 4 is 40.1 Å². The van der Waals surface area contributed by atoms with Crippen molar-refractivity contribution in [3.8, 4) is 5.75 Å². The van der Waals surface area contributed by atoms with Crippen molar-refractivity contribution < 1.29 is 9.53 Å². The molecule has 0 fully saturated rings. The van der Waals surface area contributed by atoms with Crippen molar-refractivity contribution in [1.29, 1.82) is 0 Å². The van der Waals surface area contributed by atoms with E-state index in [0.717, 1.165) is 0 Å². The van der Waals surface area contributed by atoms with E-state index in [-0.39, 0.29) is 5.78 Å². The summed E-state index contributed by atoms with van der Waals surface area (Å²) in [5.74, 6) is 0.591. The Kier molecular flexibility index (Phi) is 3.09. The Bertz CT molecular complexity index is 487. The maximum Gasteiger partial charge on any atom is 0.216 e. The van der Waals surface area contributed by atoms with E-state index in [9.17, 15) is 4.79 Å². The van der Waals surface area contributed by atoms with Gasteiger partial charge in [0.05, 0.1) is 16.3 Å². The van der Waals surface area contributed by atoms with Crippen LogP contribution in [-0.2, 0) is 0 Å². The molecule has 0 bridgehead atoms. The summed E-state index contributed by atoms with van der Waals surface area (Å²) < 4.78 is 5.72. The number of carbonyl (C=O) groups excluding carboxylic acids is 1. The normalized spacial score (nSPS) is 10.3. The molecule has 2 rings (SSSR count). The number of ether oxygens (including phenoxy) is 1. The molecule has 5 heteroatoms. The van der Waals surface area contributed by atoms with Gasteiger partial charge in [-0.1, -0.05) is 11.6 Å². The van der Waals surface area contributed by atoms with Crippen LogP contribution in [0.15, 0.2) is 23.6 Å². The topological polar surface area (TPSA) is 26.3 Å². The van der Waals surface area contributed by atoms with Crippen LogP contribution in [0.2, 0.25) is 4.34 Å². The lowest BCUT2D eigenvalue weighted by Gasteiger charge is -1.98. The average molecular weight is 259 g/mol. The van der Waals surface area contributed by atoms with Gasteiger partial charge in [-0.15, -0.1) is 22.7 Å². The van der Waals surface area contributed by atoms with Crippen molar-refractivity contribution in [2.45, 2.75) is 0 Å². The molecule has 0 aliphatic heterocycles. The zero-order valence-electron chi connectivity index (χ0n) is 7.82. The van der Waals surface area contributed by atoms with Gasteiger partial charge in [-0.25, -0.2) is 0 Å². The predicted molar refractivity (Wildman–Crippen MR) is 63.6 cm³/mol. The average Bonchev–Trinajstić information content (AvgIpc) is 2.84. The van der Waals surface area contributed by atoms with Gasteiger partial charge in [0.1, 0.15) is 10.6 Å². The summed E-state index contributed by atoms with van der Waals surface area (Å²) in [5, 5.41) is 1.83. The van der Waals surface area contributed by atoms with Crippen LogP contribution >= 0.6 is 34.3 Å². The summed E-state index contributed by atoms with van der Waals surface area (Å²) in [7, 11) is 1.56. The van der Waals surface area contributed by atoms with E-state index in [2.05, 4.69) is 0 Å². The Labute approximate surface area is 100 Å². The van der Waals surface area contributed by atoms with Gasteiger partial charge in [-0.2, -0.15) is 0 Å². The lowest BCUT2D eigenvalue weighted by molar-refractivity contribution is 0.104. The maximum atomic E-state index is 12.0. The molecule has 2 nitrogen and oxygen atoms in total. The van der Waals surface area contributed by atoms with Crippen LogP contribution in [0.1, 0.15) is 14.5 Å². The third-order valence-electron chi connectivity index (χ3n) is 1.85. The summed E-state index contributed by atoms with van der Waals surface area (Å²) in [5.41, 5.74) is 0. The molecule has 2 aromatic rings. The summed E-state index contributed by atoms with van der Waals surface area (Å²) in [6.07, 6.45) is 0. The number of methoxy groups -OCH3 is 1. The minimum absolute atomic E-state index is 0.0289. The summed E-state index contributed by atoms with van der Waals surface area (Å²) >= 11 is 8.43. The third-order valence-corrected chi connectivity index (χ3v) is 3.98. The number of thiophene rings is 2. The first-order chi connectivity index (χ1) is 7.22. The number of ketones is 1. The largest absolute Gasteiger partial charge is 0.495 e. The molecular weight excluding hydrogens is 252 g/mol. The van der Waals surface area contributed by atoms with Gasteiger partial charge in [-0.05, 0) is 23.6 Å². The van der Waals surface area contributed by atoms with Crippen LogP contribution in [0.25, 0.3) is 0 Å². The zero-order valence-corrected chi connectivity index (χ0v) is 10.2. The Morgan fingerprint density at radius 3 is 2.80 bits per heavy atom. The smallest absolute Gasteiger partial charge is 0.216 e. The molecule has 15 heavy (non-hydrogen) atoms. The molecule has 0 aromatic carbocycles. The highest BCUT2D eigenvalue weighted by Crippen LogP contribution is 2.30. The number of halogens is 1. The van der Waals surface area contributed by atoms with Crippen molar-refractivity contribution in [3.63, 3.8) is 0 Å². The molecule has 0 N–H and O–H groups in total. The molecule has 2 heterocycles. The van der Waals surface area contributed by atoms with E-state index in [0.29, 0.717) is 19.8 Å². The lowest BCUT2D eigenvalue weighted by atomic mass is 10.2. The van der Waals surface area contributed by atoms with Crippen molar-refractivity contribution in [2.75, 3.05) is 7.11 Å². The van der Waals surface area contributed by atoms with Crippen molar-refractivity contribution in [2.24, 2.45) is 0 Å². The monoisotopic (exact) mass is 258 g/mol. The quantitative estimate of drug-likeness (QED) is 0.785. The molecular formula is C10H7ClO2S2. The van der Waals surface area contributed by atoms with E-state index in [4.69, 9.17) is 16.3 Å². The van der Waals surface area contributed by atoms with Gasteiger partial charge in [0, 0.05) is 0 Å². The van der Waals surface area contributed by atoms with Crippen LogP contribution in [0.4, 0.5) is 0 Å². The Hall–Kier alpha value is -0.840. The van der Waals surface area contributed by atoms with Gasteiger partial charge >= 0.3 is 0 Å². The Morgan fingerprint density at radius 2 is 2.20 bits per heavy atom. The van der Waals surface area contributed by atoms with Gasteiger partial charge in [0.15, 0.2) is 0 Å². The number of rotatable bonds is 3. The van der Waals surface area contributed by atoms with Crippen LogP contribution in [-0.4, -0.2) is 12.9 Å². The van der Waals surface area contributed by atoms with E-state index in [1.807, 2.05) is 5.38 Å². The summed E-state index contributed by atoms with van der Waals surface area (Å²) in [4.78, 5) is 13.2. The highest BCUT2D eigenvalue weighted by atomic mass is 35.5. The molecule has 0 atom stereocenters. The molecule has 2 aromatic heterocycles. The fourth-order valence-corrected chi connectivity index (χ4v) is 3.04. The molecule has 0 amide bonds. The Balaban J connectivity index is 2.36. The fourth-order valence-electron chi connectivity index (χ4n) is 1.17. The van der Waals surface area contributed by atoms with Crippen LogP contribution < -0.4 is 4.74 Å². The molecule has 0 saturated heterocycles. The highest BCUT2D eigenvalue weighted by molar-refractivity contribution is 7.19. The first-order valence-corrected chi connectivity index (χ1v) is 6.21. The van der Waals surface area contributed by atoms with Crippen LogP contribution in [0, 0.1) is 0 Å². The first kappa shape index (κ1) is 10.7. The SMILES string of the molecule is COc1ccsc1C(=O)c1ccc(Cl)s1. The number of hydrogen-bond donors (Lipinski definition) is 0. The molecule has 0 radical (unpaired) electrons. The predicted octanol–water partition coefficient (Wildman–Crippen LogP) is 3.70. The Morgan fingerprint density at radius 1 is 1.40 bits per heavy atom. The molecule has 0 unspecified atom stereocenters. The van der Waals surface area contributed by atoms with Gasteiger partial charge in [0.2, 0.25) is 5.78 Å². The second-order valence-electron chi connectivity index (χ2n) is 2.75. The number of hydrogen-bond acceptors (Lipinski definition) is 4. The first-order valence-electron chi connectivity index (χ1n) is 4.14. The highest BCUT2D eigenvalue weighted by Gasteiger charge is 2.17. The third kappa shape index (κ3) is 2.07. The second kappa shape index (κ2) is 4.35. The van der Waals surface area contributed by atoms with Gasteiger partial charge in [0.25, 0.3) is 0 Å². The van der Waals surface area contributed by atoms with E-state index in [1.54, 1.807) is 25.3 Å². The van der Waals surface area contributed by atoms with Crippen molar-refractivity contribution in [1.82, 2.24) is 0 Å². The van der Waals surface area contributed by atoms with Gasteiger partial charge in [-0.3, -0.25) is 4.79 Å². The van der Waals surface area contributed by atoms with E-state index in [1.165, 1.54) is 22.7 Å². The standard InChI is InChI=1S/C10H7ClO2S2/c1-13-6-4-5-14-10(6)9(12)7-2-3-8(11)15-7/h2-5H,1H3. The number of carbonyl (C=O) groups is 1.